The highest BCUT2D eigenvalue weighted by molar-refractivity contribution is 7.19. The Morgan fingerprint density at radius 2 is 1.82 bits per heavy atom. The van der Waals surface area contributed by atoms with Gasteiger partial charge < -0.3 is 4.74 Å². The molecule has 28 heavy (non-hydrogen) atoms. The van der Waals surface area contributed by atoms with E-state index in [1.807, 2.05) is 61.6 Å². The van der Waals surface area contributed by atoms with Gasteiger partial charge in [-0.05, 0) is 24.7 Å². The number of methoxy groups -OCH3 is 1. The zero-order valence-electron chi connectivity index (χ0n) is 15.7. The Bertz CT molecular complexity index is 1140. The van der Waals surface area contributed by atoms with Crippen LogP contribution in [0.15, 0.2) is 65.5 Å². The number of ether oxygens (including phenoxy) is 1. The second-order valence-corrected chi connectivity index (χ2v) is 7.53. The van der Waals surface area contributed by atoms with Gasteiger partial charge in [0, 0.05) is 24.7 Å². The monoisotopic (exact) mass is 392 g/mol. The van der Waals surface area contributed by atoms with E-state index in [4.69, 9.17) is 4.74 Å². The van der Waals surface area contributed by atoms with E-state index in [1.165, 1.54) is 21.4 Å². The van der Waals surface area contributed by atoms with Crippen LogP contribution in [0, 0.1) is 0 Å². The lowest BCUT2D eigenvalue weighted by Gasteiger charge is -2.16. The first-order valence-electron chi connectivity index (χ1n) is 8.89. The highest BCUT2D eigenvalue weighted by Gasteiger charge is 2.12. The van der Waals surface area contributed by atoms with Gasteiger partial charge in [-0.3, -0.25) is 9.69 Å². The molecular weight excluding hydrogens is 372 g/mol. The van der Waals surface area contributed by atoms with E-state index in [2.05, 4.69) is 15.0 Å². The van der Waals surface area contributed by atoms with Crippen LogP contribution in [0.25, 0.3) is 15.5 Å². The summed E-state index contributed by atoms with van der Waals surface area (Å²) in [5.41, 5.74) is 2.74. The van der Waals surface area contributed by atoms with Gasteiger partial charge in [0.05, 0.1) is 12.8 Å². The fourth-order valence-electron chi connectivity index (χ4n) is 3.01. The summed E-state index contributed by atoms with van der Waals surface area (Å²) < 4.78 is 6.57. The Labute approximate surface area is 166 Å². The zero-order chi connectivity index (χ0) is 19.5. The van der Waals surface area contributed by atoms with Crippen molar-refractivity contribution in [1.29, 1.82) is 0 Å². The average Bonchev–Trinajstić information content (AvgIpc) is 3.14. The number of hydrogen-bond donors (Lipinski definition) is 0. The Balaban J connectivity index is 1.54. The maximum absolute atomic E-state index is 12.5. The molecule has 0 aliphatic heterocycles. The van der Waals surface area contributed by atoms with Crippen molar-refractivity contribution in [3.05, 3.63) is 82.3 Å². The van der Waals surface area contributed by atoms with Crippen LogP contribution in [0.3, 0.4) is 0 Å². The number of aromatic nitrogens is 3. The maximum atomic E-state index is 12.5. The molecule has 0 unspecified atom stereocenters. The van der Waals surface area contributed by atoms with Crippen molar-refractivity contribution in [3.8, 4) is 16.3 Å². The quantitative estimate of drug-likeness (QED) is 0.503. The van der Waals surface area contributed by atoms with E-state index < -0.39 is 0 Å². The molecule has 2 aromatic heterocycles. The third-order valence-electron chi connectivity index (χ3n) is 4.36. The van der Waals surface area contributed by atoms with E-state index >= 15 is 0 Å². The van der Waals surface area contributed by atoms with Crippen molar-refractivity contribution in [1.82, 2.24) is 19.5 Å². The second kappa shape index (κ2) is 7.92. The van der Waals surface area contributed by atoms with E-state index in [0.717, 1.165) is 28.6 Å². The molecule has 2 aromatic carbocycles. The first-order chi connectivity index (χ1) is 13.6. The molecule has 0 radical (unpaired) electrons. The third kappa shape index (κ3) is 3.95. The summed E-state index contributed by atoms with van der Waals surface area (Å²) >= 11 is 1.42. The van der Waals surface area contributed by atoms with Crippen molar-refractivity contribution in [2.75, 3.05) is 14.2 Å². The summed E-state index contributed by atoms with van der Waals surface area (Å²) in [5.74, 6) is 0.839. The van der Waals surface area contributed by atoms with Gasteiger partial charge in [0.2, 0.25) is 4.96 Å². The molecule has 0 atom stereocenters. The molecule has 0 bridgehead atoms. The minimum absolute atomic E-state index is 0.156. The van der Waals surface area contributed by atoms with Crippen molar-refractivity contribution >= 4 is 16.3 Å². The van der Waals surface area contributed by atoms with Crippen molar-refractivity contribution < 1.29 is 4.74 Å². The highest BCUT2D eigenvalue weighted by Crippen LogP contribution is 2.24. The van der Waals surface area contributed by atoms with Gasteiger partial charge in [-0.15, -0.1) is 0 Å². The molecule has 0 saturated heterocycles. The number of rotatable bonds is 6. The number of nitrogens with zero attached hydrogens (tertiary/aromatic N) is 4. The fraction of sp³-hybridized carbons (Fsp3) is 0.190. The summed E-state index contributed by atoms with van der Waals surface area (Å²) in [6.45, 7) is 1.33. The normalized spacial score (nSPS) is 11.2. The number of hydrogen-bond acceptors (Lipinski definition) is 6. The molecule has 0 spiro atoms. The SMILES string of the molecule is COc1ccc(CN(C)Cc2cc(=O)n3nc(-c4ccccc4)sc3n2)cc1. The molecule has 2 heterocycles. The minimum atomic E-state index is -0.156. The van der Waals surface area contributed by atoms with Gasteiger partial charge in [-0.1, -0.05) is 53.8 Å². The molecule has 4 rings (SSSR count). The summed E-state index contributed by atoms with van der Waals surface area (Å²) in [5, 5.41) is 5.21. The topological polar surface area (TPSA) is 59.7 Å². The fourth-order valence-corrected chi connectivity index (χ4v) is 3.94. The van der Waals surface area contributed by atoms with Crippen LogP contribution in [0.4, 0.5) is 0 Å². The van der Waals surface area contributed by atoms with Gasteiger partial charge in [0.15, 0.2) is 0 Å². The molecule has 0 N–H and O–H groups in total. The van der Waals surface area contributed by atoms with Gasteiger partial charge in [-0.25, -0.2) is 4.98 Å². The van der Waals surface area contributed by atoms with Gasteiger partial charge >= 0.3 is 0 Å². The van der Waals surface area contributed by atoms with Gasteiger partial charge in [0.1, 0.15) is 10.8 Å². The molecule has 0 saturated carbocycles. The molecule has 142 valence electrons. The van der Waals surface area contributed by atoms with Crippen LogP contribution >= 0.6 is 11.3 Å². The molecule has 0 fully saturated rings. The Kier molecular flexibility index (Phi) is 5.18. The lowest BCUT2D eigenvalue weighted by Crippen LogP contribution is -2.21. The third-order valence-corrected chi connectivity index (χ3v) is 5.32. The van der Waals surface area contributed by atoms with Crippen molar-refractivity contribution in [3.63, 3.8) is 0 Å². The Morgan fingerprint density at radius 1 is 1.07 bits per heavy atom. The summed E-state index contributed by atoms with van der Waals surface area (Å²) in [7, 11) is 3.67. The van der Waals surface area contributed by atoms with Crippen LogP contribution in [0.1, 0.15) is 11.3 Å². The Hall–Kier alpha value is -3.03. The van der Waals surface area contributed by atoms with Gasteiger partial charge in [0.25, 0.3) is 5.56 Å². The summed E-state index contributed by atoms with van der Waals surface area (Å²) in [6, 6.07) is 19.4. The number of benzene rings is 2. The molecule has 0 amide bonds. The van der Waals surface area contributed by atoms with E-state index in [1.54, 1.807) is 13.2 Å². The first-order valence-corrected chi connectivity index (χ1v) is 9.71. The van der Waals surface area contributed by atoms with Crippen LogP contribution in [-0.2, 0) is 13.1 Å². The largest absolute Gasteiger partial charge is 0.497 e. The second-order valence-electron chi connectivity index (χ2n) is 6.57. The minimum Gasteiger partial charge on any atom is -0.497 e. The average molecular weight is 392 g/mol. The molecule has 6 nitrogen and oxygen atoms in total. The van der Waals surface area contributed by atoms with Crippen LogP contribution < -0.4 is 10.3 Å². The predicted octanol–water partition coefficient (Wildman–Crippen LogP) is 3.46. The van der Waals surface area contributed by atoms with E-state index in [-0.39, 0.29) is 5.56 Å². The summed E-state index contributed by atoms with van der Waals surface area (Å²) in [6.07, 6.45) is 0. The lowest BCUT2D eigenvalue weighted by atomic mass is 10.2. The molecule has 7 heteroatoms. The summed E-state index contributed by atoms with van der Waals surface area (Å²) in [4.78, 5) is 19.9. The van der Waals surface area contributed by atoms with Crippen molar-refractivity contribution in [2.24, 2.45) is 0 Å². The lowest BCUT2D eigenvalue weighted by molar-refractivity contribution is 0.315. The molecule has 4 aromatic rings. The van der Waals surface area contributed by atoms with Crippen LogP contribution in [-0.4, -0.2) is 33.7 Å². The van der Waals surface area contributed by atoms with Crippen LogP contribution in [0.2, 0.25) is 0 Å². The maximum Gasteiger partial charge on any atom is 0.275 e. The van der Waals surface area contributed by atoms with Crippen LogP contribution in [0.5, 0.6) is 5.75 Å². The van der Waals surface area contributed by atoms with E-state index in [9.17, 15) is 4.79 Å². The highest BCUT2D eigenvalue weighted by atomic mass is 32.1. The standard InChI is InChI=1S/C21H20N4O2S/c1-24(13-15-8-10-18(27-2)11-9-15)14-17-12-19(26)25-21(22-17)28-20(23-25)16-6-4-3-5-7-16/h3-12H,13-14H2,1-2H3. The first kappa shape index (κ1) is 18.3. The number of fused-ring (bicyclic) bond motifs is 1. The molecular formula is C21H20N4O2S. The predicted molar refractivity (Wildman–Crippen MR) is 111 cm³/mol. The molecule has 0 aliphatic carbocycles. The van der Waals surface area contributed by atoms with Gasteiger partial charge in [-0.2, -0.15) is 9.61 Å². The molecule has 0 aliphatic rings. The van der Waals surface area contributed by atoms with E-state index in [0.29, 0.717) is 11.5 Å². The smallest absolute Gasteiger partial charge is 0.275 e. The van der Waals surface area contributed by atoms with Crippen molar-refractivity contribution in [2.45, 2.75) is 13.1 Å². The zero-order valence-corrected chi connectivity index (χ0v) is 16.5. The Morgan fingerprint density at radius 3 is 2.54 bits per heavy atom.